The van der Waals surface area contributed by atoms with Crippen molar-refractivity contribution in [2.24, 2.45) is 0 Å². The van der Waals surface area contributed by atoms with Gasteiger partial charge >= 0.3 is 0 Å². The number of anilines is 2. The van der Waals surface area contributed by atoms with E-state index in [0.29, 0.717) is 38.5 Å². The fraction of sp³-hybridized carbons (Fsp3) is 0.130. The molecule has 6 nitrogen and oxygen atoms in total. The molecule has 162 valence electrons. The first-order valence-corrected chi connectivity index (χ1v) is 12.0. The van der Waals surface area contributed by atoms with Crippen LogP contribution in [0.1, 0.15) is 12.6 Å². The van der Waals surface area contributed by atoms with Crippen LogP contribution in [0.15, 0.2) is 76.5 Å². The molecular weight excluding hydrogens is 464 g/mol. The van der Waals surface area contributed by atoms with E-state index in [1.807, 2.05) is 35.7 Å². The van der Waals surface area contributed by atoms with Crippen LogP contribution in [0.5, 0.6) is 0 Å². The standard InChI is InChI=1S/C23H19ClN4O2S2/c1-3-11-27-21(30)19-12-16(24)9-10-20(19)26-22(27)31-13-17-14-32-23(25-17)28(15(2)29)18-7-5-4-6-8-18/h3-10,12,14H,1,11,13H2,2H3. The number of rotatable bonds is 7. The molecule has 0 unspecified atom stereocenters. The van der Waals surface area contributed by atoms with Crippen LogP contribution in [0.2, 0.25) is 5.02 Å². The quantitative estimate of drug-likeness (QED) is 0.193. The Morgan fingerprint density at radius 1 is 1.25 bits per heavy atom. The van der Waals surface area contributed by atoms with E-state index < -0.39 is 0 Å². The number of thiazole rings is 1. The van der Waals surface area contributed by atoms with Gasteiger partial charge in [0.15, 0.2) is 10.3 Å². The van der Waals surface area contributed by atoms with E-state index in [1.54, 1.807) is 33.7 Å². The summed E-state index contributed by atoms with van der Waals surface area (Å²) in [6.45, 7) is 5.61. The molecule has 4 aromatic rings. The molecule has 2 aromatic heterocycles. The highest BCUT2D eigenvalue weighted by molar-refractivity contribution is 7.98. The van der Waals surface area contributed by atoms with Gasteiger partial charge in [-0.15, -0.1) is 17.9 Å². The number of fused-ring (bicyclic) bond motifs is 1. The maximum absolute atomic E-state index is 13.0. The number of para-hydroxylation sites is 1. The lowest BCUT2D eigenvalue weighted by molar-refractivity contribution is -0.115. The third-order valence-corrected chi connectivity index (χ3v) is 6.72. The van der Waals surface area contributed by atoms with Crippen molar-refractivity contribution < 1.29 is 4.79 Å². The van der Waals surface area contributed by atoms with Crippen LogP contribution in [0, 0.1) is 0 Å². The van der Waals surface area contributed by atoms with Crippen molar-refractivity contribution in [1.82, 2.24) is 14.5 Å². The summed E-state index contributed by atoms with van der Waals surface area (Å²) in [6, 6.07) is 14.5. The molecule has 0 aliphatic rings. The minimum Gasteiger partial charge on any atom is -0.283 e. The van der Waals surface area contributed by atoms with E-state index in [2.05, 4.69) is 16.5 Å². The Bertz CT molecular complexity index is 1350. The van der Waals surface area contributed by atoms with Gasteiger partial charge in [-0.3, -0.25) is 19.1 Å². The third-order valence-electron chi connectivity index (χ3n) is 4.60. The Morgan fingerprint density at radius 3 is 2.75 bits per heavy atom. The average molecular weight is 483 g/mol. The van der Waals surface area contributed by atoms with Gasteiger partial charge in [0.2, 0.25) is 5.91 Å². The Morgan fingerprint density at radius 2 is 2.03 bits per heavy atom. The molecule has 0 N–H and O–H groups in total. The van der Waals surface area contributed by atoms with E-state index in [1.165, 1.54) is 30.0 Å². The van der Waals surface area contributed by atoms with Crippen LogP contribution in [0.3, 0.4) is 0 Å². The van der Waals surface area contributed by atoms with Gasteiger partial charge in [0.25, 0.3) is 5.56 Å². The summed E-state index contributed by atoms with van der Waals surface area (Å²) in [4.78, 5) is 36.1. The number of nitrogens with zero attached hydrogens (tertiary/aromatic N) is 4. The van der Waals surface area contributed by atoms with Crippen LogP contribution >= 0.6 is 34.7 Å². The summed E-state index contributed by atoms with van der Waals surface area (Å²) in [5.74, 6) is 0.388. The van der Waals surface area contributed by atoms with E-state index >= 15 is 0 Å². The fourth-order valence-corrected chi connectivity index (χ4v) is 5.25. The van der Waals surface area contributed by atoms with Crippen molar-refractivity contribution in [2.75, 3.05) is 4.90 Å². The van der Waals surface area contributed by atoms with Crippen molar-refractivity contribution >= 4 is 62.3 Å². The number of halogens is 1. The van der Waals surface area contributed by atoms with E-state index in [-0.39, 0.29) is 11.5 Å². The monoisotopic (exact) mass is 482 g/mol. The SMILES string of the molecule is C=CCn1c(SCc2csc(N(C(C)=O)c3ccccc3)n2)nc2ccc(Cl)cc2c1=O. The average Bonchev–Trinajstić information content (AvgIpc) is 3.24. The van der Waals surface area contributed by atoms with Crippen LogP contribution in [0.4, 0.5) is 10.8 Å². The normalized spacial score (nSPS) is 10.9. The maximum atomic E-state index is 13.0. The van der Waals surface area contributed by atoms with Gasteiger partial charge in [-0.05, 0) is 30.3 Å². The molecule has 0 saturated carbocycles. The zero-order valence-electron chi connectivity index (χ0n) is 17.2. The highest BCUT2D eigenvalue weighted by Crippen LogP contribution is 2.31. The number of carbonyl (C=O) groups is 1. The molecule has 2 heterocycles. The number of benzene rings is 2. The van der Waals surface area contributed by atoms with Crippen molar-refractivity contribution in [3.8, 4) is 0 Å². The highest BCUT2D eigenvalue weighted by Gasteiger charge is 2.18. The topological polar surface area (TPSA) is 68.1 Å². The lowest BCUT2D eigenvalue weighted by Crippen LogP contribution is -2.23. The van der Waals surface area contributed by atoms with E-state index in [9.17, 15) is 9.59 Å². The Hall–Kier alpha value is -2.94. The first kappa shape index (κ1) is 22.3. The minimum atomic E-state index is -0.161. The van der Waals surface area contributed by atoms with Gasteiger partial charge in [-0.1, -0.05) is 47.6 Å². The highest BCUT2D eigenvalue weighted by atomic mass is 35.5. The van der Waals surface area contributed by atoms with Crippen molar-refractivity contribution in [3.05, 3.63) is 87.6 Å². The van der Waals surface area contributed by atoms with Crippen LogP contribution < -0.4 is 10.5 Å². The van der Waals surface area contributed by atoms with Crippen LogP contribution in [0.25, 0.3) is 10.9 Å². The molecule has 0 saturated heterocycles. The van der Waals surface area contributed by atoms with Gasteiger partial charge in [0, 0.05) is 29.6 Å². The first-order valence-electron chi connectivity index (χ1n) is 9.72. The molecule has 0 atom stereocenters. The number of aromatic nitrogens is 3. The maximum Gasteiger partial charge on any atom is 0.262 e. The predicted octanol–water partition coefficient (Wildman–Crippen LogP) is 5.67. The number of thioether (sulfide) groups is 1. The lowest BCUT2D eigenvalue weighted by atomic mass is 10.2. The van der Waals surface area contributed by atoms with Crippen LogP contribution in [-0.4, -0.2) is 20.4 Å². The minimum absolute atomic E-state index is 0.112. The molecule has 0 radical (unpaired) electrons. The van der Waals surface area contributed by atoms with Crippen molar-refractivity contribution in [3.63, 3.8) is 0 Å². The summed E-state index contributed by atoms with van der Waals surface area (Å²) in [5.41, 5.74) is 2.00. The number of allylic oxidation sites excluding steroid dienone is 1. The molecule has 0 aliphatic carbocycles. The molecular formula is C23H19ClN4O2S2. The smallest absolute Gasteiger partial charge is 0.262 e. The molecule has 2 aromatic carbocycles. The molecule has 0 fully saturated rings. The van der Waals surface area contributed by atoms with Gasteiger partial charge in [0.05, 0.1) is 22.3 Å². The summed E-state index contributed by atoms with van der Waals surface area (Å²) >= 11 is 8.87. The second-order valence-electron chi connectivity index (χ2n) is 6.86. The number of amides is 1. The zero-order chi connectivity index (χ0) is 22.7. The summed E-state index contributed by atoms with van der Waals surface area (Å²) < 4.78 is 1.58. The van der Waals surface area contributed by atoms with Gasteiger partial charge < -0.3 is 0 Å². The van der Waals surface area contributed by atoms with Gasteiger partial charge in [0.1, 0.15) is 0 Å². The molecule has 9 heteroatoms. The Kier molecular flexibility index (Phi) is 6.74. The Balaban J connectivity index is 1.62. The molecule has 32 heavy (non-hydrogen) atoms. The van der Waals surface area contributed by atoms with E-state index in [4.69, 9.17) is 11.6 Å². The largest absolute Gasteiger partial charge is 0.283 e. The zero-order valence-corrected chi connectivity index (χ0v) is 19.6. The predicted molar refractivity (Wildman–Crippen MR) is 132 cm³/mol. The molecule has 4 rings (SSSR count). The molecule has 0 aliphatic heterocycles. The van der Waals surface area contributed by atoms with Gasteiger partial charge in [-0.2, -0.15) is 0 Å². The second-order valence-corrected chi connectivity index (χ2v) is 9.08. The second kappa shape index (κ2) is 9.68. The molecule has 1 amide bonds. The molecule has 0 spiro atoms. The number of carbonyl (C=O) groups excluding carboxylic acids is 1. The van der Waals surface area contributed by atoms with E-state index in [0.717, 1.165) is 11.4 Å². The van der Waals surface area contributed by atoms with Crippen molar-refractivity contribution in [2.45, 2.75) is 24.4 Å². The number of hydrogen-bond donors (Lipinski definition) is 0. The fourth-order valence-electron chi connectivity index (χ4n) is 3.18. The molecule has 0 bridgehead atoms. The summed E-state index contributed by atoms with van der Waals surface area (Å²) in [6.07, 6.45) is 1.66. The van der Waals surface area contributed by atoms with Gasteiger partial charge in [-0.25, -0.2) is 9.97 Å². The summed E-state index contributed by atoms with van der Waals surface area (Å²) in [5, 5.41) is 4.05. The van der Waals surface area contributed by atoms with Crippen molar-refractivity contribution in [1.29, 1.82) is 0 Å². The Labute approximate surface area is 198 Å². The van der Waals surface area contributed by atoms with Crippen LogP contribution in [-0.2, 0) is 17.1 Å². The first-order chi connectivity index (χ1) is 15.5. The number of hydrogen-bond acceptors (Lipinski definition) is 6. The lowest BCUT2D eigenvalue weighted by Gasteiger charge is -2.17. The third kappa shape index (κ3) is 4.62. The summed E-state index contributed by atoms with van der Waals surface area (Å²) in [7, 11) is 0.